The maximum absolute atomic E-state index is 5.92. The molecule has 1 unspecified atom stereocenters. The highest BCUT2D eigenvalue weighted by Gasteiger charge is 2.07. The number of nitrogens with one attached hydrogen (secondary N) is 1. The zero-order valence-corrected chi connectivity index (χ0v) is 15.2. The minimum atomic E-state index is 0. The standard InChI is InChI=1S/C19H18BrNO.ClH/c1-14(15-5-3-2-4-6-15)21-13-18-11-12-19(22-18)16-7-9-17(20)10-8-16;/h2-12,14,21H,13H2,1H3;1H. The molecule has 2 aromatic carbocycles. The summed E-state index contributed by atoms with van der Waals surface area (Å²) in [4.78, 5) is 0. The highest BCUT2D eigenvalue weighted by Crippen LogP contribution is 2.24. The molecule has 3 aromatic rings. The maximum Gasteiger partial charge on any atom is 0.134 e. The maximum atomic E-state index is 5.92. The Morgan fingerprint density at radius 3 is 2.35 bits per heavy atom. The van der Waals surface area contributed by atoms with Gasteiger partial charge >= 0.3 is 0 Å². The first kappa shape index (κ1) is 17.8. The molecule has 23 heavy (non-hydrogen) atoms. The molecule has 0 amide bonds. The van der Waals surface area contributed by atoms with Crippen molar-refractivity contribution in [3.8, 4) is 11.3 Å². The van der Waals surface area contributed by atoms with Gasteiger partial charge in [-0.15, -0.1) is 12.4 Å². The van der Waals surface area contributed by atoms with E-state index in [-0.39, 0.29) is 12.4 Å². The second-order valence-corrected chi connectivity index (χ2v) is 6.20. The lowest BCUT2D eigenvalue weighted by molar-refractivity contribution is 0.468. The molecule has 3 rings (SSSR count). The van der Waals surface area contributed by atoms with Crippen LogP contribution in [-0.2, 0) is 6.54 Å². The van der Waals surface area contributed by atoms with Crippen LogP contribution in [0.2, 0.25) is 0 Å². The highest BCUT2D eigenvalue weighted by molar-refractivity contribution is 9.10. The normalized spacial score (nSPS) is 11.7. The smallest absolute Gasteiger partial charge is 0.134 e. The topological polar surface area (TPSA) is 25.2 Å². The van der Waals surface area contributed by atoms with E-state index in [1.165, 1.54) is 5.56 Å². The van der Waals surface area contributed by atoms with Gasteiger partial charge in [0, 0.05) is 16.1 Å². The van der Waals surface area contributed by atoms with Gasteiger partial charge in [-0.05, 0) is 36.8 Å². The molecule has 0 saturated heterocycles. The number of halogens is 2. The van der Waals surface area contributed by atoms with Crippen LogP contribution in [0.4, 0.5) is 0 Å². The Morgan fingerprint density at radius 2 is 1.65 bits per heavy atom. The first-order chi connectivity index (χ1) is 10.7. The second kappa shape index (κ2) is 8.34. The van der Waals surface area contributed by atoms with Crippen molar-refractivity contribution < 1.29 is 4.42 Å². The Morgan fingerprint density at radius 1 is 0.957 bits per heavy atom. The van der Waals surface area contributed by atoms with Crippen LogP contribution in [0.15, 0.2) is 75.6 Å². The lowest BCUT2D eigenvalue weighted by atomic mass is 10.1. The summed E-state index contributed by atoms with van der Waals surface area (Å²) < 4.78 is 6.99. The molecule has 1 aromatic heterocycles. The monoisotopic (exact) mass is 391 g/mol. The van der Waals surface area contributed by atoms with E-state index in [2.05, 4.69) is 52.4 Å². The molecule has 0 aliphatic heterocycles. The molecular weight excluding hydrogens is 374 g/mol. The van der Waals surface area contributed by atoms with Gasteiger partial charge in [0.25, 0.3) is 0 Å². The Bertz CT molecular complexity index is 725. The van der Waals surface area contributed by atoms with E-state index < -0.39 is 0 Å². The van der Waals surface area contributed by atoms with Crippen molar-refractivity contribution in [2.45, 2.75) is 19.5 Å². The molecule has 1 heterocycles. The van der Waals surface area contributed by atoms with Gasteiger partial charge in [0.05, 0.1) is 6.54 Å². The van der Waals surface area contributed by atoms with Crippen LogP contribution in [0.25, 0.3) is 11.3 Å². The van der Waals surface area contributed by atoms with Gasteiger partial charge in [0.15, 0.2) is 0 Å². The molecule has 2 nitrogen and oxygen atoms in total. The van der Waals surface area contributed by atoms with Crippen molar-refractivity contribution in [2.75, 3.05) is 0 Å². The predicted octanol–water partition coefficient (Wildman–Crippen LogP) is 5.98. The van der Waals surface area contributed by atoms with Gasteiger partial charge in [-0.25, -0.2) is 0 Å². The number of hydrogen-bond donors (Lipinski definition) is 1. The molecule has 0 fully saturated rings. The lowest BCUT2D eigenvalue weighted by Crippen LogP contribution is -2.17. The summed E-state index contributed by atoms with van der Waals surface area (Å²) in [6.45, 7) is 2.88. The molecule has 0 radical (unpaired) electrons. The summed E-state index contributed by atoms with van der Waals surface area (Å²) in [6.07, 6.45) is 0. The molecule has 120 valence electrons. The number of hydrogen-bond acceptors (Lipinski definition) is 2. The van der Waals surface area contributed by atoms with Crippen molar-refractivity contribution in [3.63, 3.8) is 0 Å². The van der Waals surface area contributed by atoms with Crippen molar-refractivity contribution in [1.29, 1.82) is 0 Å². The summed E-state index contributed by atoms with van der Waals surface area (Å²) in [5.74, 6) is 1.84. The van der Waals surface area contributed by atoms with Crippen molar-refractivity contribution in [3.05, 3.63) is 82.5 Å². The summed E-state index contributed by atoms with van der Waals surface area (Å²) >= 11 is 3.45. The third-order valence-corrected chi connectivity index (χ3v) is 4.20. The van der Waals surface area contributed by atoms with Crippen molar-refractivity contribution in [1.82, 2.24) is 5.32 Å². The first-order valence-corrected chi connectivity index (χ1v) is 8.14. The Kier molecular flexibility index (Phi) is 6.46. The van der Waals surface area contributed by atoms with E-state index in [1.54, 1.807) is 0 Å². The number of rotatable bonds is 5. The quantitative estimate of drug-likeness (QED) is 0.577. The zero-order valence-electron chi connectivity index (χ0n) is 12.8. The predicted molar refractivity (Wildman–Crippen MR) is 101 cm³/mol. The SMILES string of the molecule is CC(NCc1ccc(-c2ccc(Br)cc2)o1)c1ccccc1.Cl. The molecule has 0 saturated carbocycles. The Labute approximate surface area is 151 Å². The van der Waals surface area contributed by atoms with E-state index in [0.29, 0.717) is 12.6 Å². The van der Waals surface area contributed by atoms with Crippen LogP contribution < -0.4 is 5.32 Å². The van der Waals surface area contributed by atoms with Crippen molar-refractivity contribution in [2.24, 2.45) is 0 Å². The van der Waals surface area contributed by atoms with Gasteiger partial charge in [-0.3, -0.25) is 0 Å². The summed E-state index contributed by atoms with van der Waals surface area (Å²) in [7, 11) is 0. The van der Waals surface area contributed by atoms with E-state index in [0.717, 1.165) is 21.6 Å². The van der Waals surface area contributed by atoms with Crippen LogP contribution in [0, 0.1) is 0 Å². The fourth-order valence-corrected chi connectivity index (χ4v) is 2.62. The minimum absolute atomic E-state index is 0. The zero-order chi connectivity index (χ0) is 15.4. The fraction of sp³-hybridized carbons (Fsp3) is 0.158. The number of benzene rings is 2. The summed E-state index contributed by atoms with van der Waals surface area (Å²) in [5, 5.41) is 3.49. The van der Waals surface area contributed by atoms with Gasteiger partial charge in [-0.1, -0.05) is 58.4 Å². The lowest BCUT2D eigenvalue weighted by Gasteiger charge is -2.12. The molecule has 1 atom stereocenters. The van der Waals surface area contributed by atoms with Gasteiger partial charge in [0.2, 0.25) is 0 Å². The third kappa shape index (κ3) is 4.71. The first-order valence-electron chi connectivity index (χ1n) is 7.35. The average molecular weight is 393 g/mol. The third-order valence-electron chi connectivity index (χ3n) is 3.67. The van der Waals surface area contributed by atoms with Gasteiger partial charge in [0.1, 0.15) is 11.5 Å². The Hall–Kier alpha value is -1.55. The largest absolute Gasteiger partial charge is 0.460 e. The van der Waals surface area contributed by atoms with Crippen LogP contribution in [-0.4, -0.2) is 0 Å². The molecule has 0 aliphatic carbocycles. The van der Waals surface area contributed by atoms with Crippen LogP contribution in [0.5, 0.6) is 0 Å². The molecular formula is C19H19BrClNO. The summed E-state index contributed by atoms with van der Waals surface area (Å²) in [6, 6.07) is 22.9. The van der Waals surface area contributed by atoms with E-state index in [1.807, 2.05) is 42.5 Å². The van der Waals surface area contributed by atoms with Crippen molar-refractivity contribution >= 4 is 28.3 Å². The van der Waals surface area contributed by atoms with E-state index in [4.69, 9.17) is 4.42 Å². The molecule has 0 bridgehead atoms. The van der Waals surface area contributed by atoms with Gasteiger partial charge in [-0.2, -0.15) is 0 Å². The highest BCUT2D eigenvalue weighted by atomic mass is 79.9. The van der Waals surface area contributed by atoms with E-state index >= 15 is 0 Å². The fourth-order valence-electron chi connectivity index (χ4n) is 2.36. The Balaban J connectivity index is 0.00000192. The van der Waals surface area contributed by atoms with Crippen LogP contribution in [0.3, 0.4) is 0 Å². The van der Waals surface area contributed by atoms with Gasteiger partial charge < -0.3 is 9.73 Å². The molecule has 1 N–H and O–H groups in total. The molecule has 0 aliphatic rings. The second-order valence-electron chi connectivity index (χ2n) is 5.29. The molecule has 0 spiro atoms. The summed E-state index contributed by atoms with van der Waals surface area (Å²) in [5.41, 5.74) is 2.37. The van der Waals surface area contributed by atoms with Crippen LogP contribution in [0.1, 0.15) is 24.3 Å². The molecule has 4 heteroatoms. The van der Waals surface area contributed by atoms with Crippen LogP contribution >= 0.6 is 28.3 Å². The average Bonchev–Trinajstić information content (AvgIpc) is 3.03. The minimum Gasteiger partial charge on any atom is -0.460 e. The van der Waals surface area contributed by atoms with E-state index in [9.17, 15) is 0 Å². The number of furan rings is 1.